The molecule has 7 heteroatoms. The maximum atomic E-state index is 12.4. The van der Waals surface area contributed by atoms with Crippen molar-refractivity contribution in [2.24, 2.45) is 0 Å². The summed E-state index contributed by atoms with van der Waals surface area (Å²) in [5, 5.41) is 0. The topological polar surface area (TPSA) is 89.4 Å². The van der Waals surface area contributed by atoms with Crippen LogP contribution in [0.3, 0.4) is 0 Å². The van der Waals surface area contributed by atoms with Gasteiger partial charge in [-0.1, -0.05) is 18.2 Å². The second-order valence-electron chi connectivity index (χ2n) is 6.61. The summed E-state index contributed by atoms with van der Waals surface area (Å²) in [6, 6.07) is 10.4. The van der Waals surface area contributed by atoms with Gasteiger partial charge in [-0.25, -0.2) is 4.79 Å². The number of hydrazine groups is 1. The summed E-state index contributed by atoms with van der Waals surface area (Å²) in [5.41, 5.74) is 7.13. The van der Waals surface area contributed by atoms with E-state index in [-0.39, 0.29) is 6.04 Å². The largest absolute Gasteiger partial charge is 0.449 e. The second-order valence-corrected chi connectivity index (χ2v) is 6.61. The molecule has 0 unspecified atom stereocenters. The number of carbonyl (C=O) groups is 3. The SMILES string of the molecule is Cc1cc(C(=O)O[C@@H](C)C(=O)NNC(=O)c2ccccc2)c(C)n1C(C)C. The highest BCUT2D eigenvalue weighted by Crippen LogP contribution is 2.21. The van der Waals surface area contributed by atoms with E-state index in [4.69, 9.17) is 4.74 Å². The van der Waals surface area contributed by atoms with Crippen molar-refractivity contribution >= 4 is 17.8 Å². The Labute approximate surface area is 158 Å². The van der Waals surface area contributed by atoms with E-state index in [1.165, 1.54) is 6.92 Å². The number of esters is 1. The van der Waals surface area contributed by atoms with Crippen molar-refractivity contribution in [3.63, 3.8) is 0 Å². The Hall–Kier alpha value is -3.09. The van der Waals surface area contributed by atoms with E-state index >= 15 is 0 Å². The van der Waals surface area contributed by atoms with Crippen molar-refractivity contribution in [2.75, 3.05) is 0 Å². The van der Waals surface area contributed by atoms with Gasteiger partial charge < -0.3 is 9.30 Å². The number of amides is 2. The number of aryl methyl sites for hydroxylation is 1. The summed E-state index contributed by atoms with van der Waals surface area (Å²) >= 11 is 0. The van der Waals surface area contributed by atoms with Crippen LogP contribution in [0.15, 0.2) is 36.4 Å². The zero-order valence-corrected chi connectivity index (χ0v) is 16.2. The lowest BCUT2D eigenvalue weighted by Gasteiger charge is -2.15. The number of nitrogens with zero attached hydrogens (tertiary/aromatic N) is 1. The van der Waals surface area contributed by atoms with Gasteiger partial charge in [0.15, 0.2) is 6.10 Å². The highest BCUT2D eigenvalue weighted by Gasteiger charge is 2.23. The first-order chi connectivity index (χ1) is 12.7. The molecule has 0 saturated carbocycles. The van der Waals surface area contributed by atoms with E-state index in [0.29, 0.717) is 11.1 Å². The van der Waals surface area contributed by atoms with Crippen molar-refractivity contribution in [1.82, 2.24) is 15.4 Å². The Bertz CT molecular complexity index is 840. The molecule has 2 aromatic rings. The molecule has 0 aliphatic heterocycles. The third kappa shape index (κ3) is 4.75. The zero-order chi connectivity index (χ0) is 20.1. The molecular formula is C20H25N3O4. The lowest BCUT2D eigenvalue weighted by atomic mass is 10.2. The van der Waals surface area contributed by atoms with E-state index in [1.807, 2.05) is 32.3 Å². The maximum absolute atomic E-state index is 12.4. The average molecular weight is 371 g/mol. The fourth-order valence-electron chi connectivity index (χ4n) is 2.94. The van der Waals surface area contributed by atoms with Crippen molar-refractivity contribution < 1.29 is 19.1 Å². The average Bonchev–Trinajstić information content (AvgIpc) is 2.94. The molecule has 144 valence electrons. The molecule has 2 N–H and O–H groups in total. The molecule has 2 amide bonds. The predicted octanol–water partition coefficient (Wildman–Crippen LogP) is 2.69. The summed E-state index contributed by atoms with van der Waals surface area (Å²) in [4.78, 5) is 36.5. The molecular weight excluding hydrogens is 346 g/mol. The van der Waals surface area contributed by atoms with Crippen LogP contribution < -0.4 is 10.9 Å². The van der Waals surface area contributed by atoms with Crippen molar-refractivity contribution in [1.29, 1.82) is 0 Å². The van der Waals surface area contributed by atoms with Crippen molar-refractivity contribution in [3.05, 3.63) is 58.9 Å². The van der Waals surface area contributed by atoms with Crippen LogP contribution in [-0.4, -0.2) is 28.5 Å². The van der Waals surface area contributed by atoms with Crippen LogP contribution in [0, 0.1) is 13.8 Å². The van der Waals surface area contributed by atoms with Crippen LogP contribution in [0.5, 0.6) is 0 Å². The smallest absolute Gasteiger partial charge is 0.340 e. The number of carbonyl (C=O) groups excluding carboxylic acids is 3. The van der Waals surface area contributed by atoms with E-state index in [9.17, 15) is 14.4 Å². The molecule has 0 aliphatic rings. The van der Waals surface area contributed by atoms with E-state index in [2.05, 4.69) is 10.9 Å². The molecule has 0 aliphatic carbocycles. The quantitative estimate of drug-likeness (QED) is 0.625. The first kappa shape index (κ1) is 20.2. The van der Waals surface area contributed by atoms with E-state index in [0.717, 1.165) is 11.4 Å². The molecule has 7 nitrogen and oxygen atoms in total. The molecule has 1 aromatic carbocycles. The van der Waals surface area contributed by atoms with Crippen LogP contribution in [0.25, 0.3) is 0 Å². The van der Waals surface area contributed by atoms with Gasteiger partial charge in [-0.15, -0.1) is 0 Å². The number of hydrogen-bond acceptors (Lipinski definition) is 4. The van der Waals surface area contributed by atoms with E-state index < -0.39 is 23.9 Å². The molecule has 2 rings (SSSR count). The lowest BCUT2D eigenvalue weighted by molar-refractivity contribution is -0.129. The highest BCUT2D eigenvalue weighted by atomic mass is 16.5. The number of rotatable bonds is 5. The van der Waals surface area contributed by atoms with Gasteiger partial charge in [0.1, 0.15) is 0 Å². The summed E-state index contributed by atoms with van der Waals surface area (Å²) in [5.74, 6) is -1.65. The van der Waals surface area contributed by atoms with Gasteiger partial charge in [-0.3, -0.25) is 20.4 Å². The Kier molecular flexibility index (Phi) is 6.39. The standard InChI is InChI=1S/C20H25N3O4/c1-12(2)23-13(3)11-17(14(23)4)20(26)27-15(5)18(24)21-22-19(25)16-9-7-6-8-10-16/h6-12,15H,1-5H3,(H,21,24)(H,22,25)/t15-/m0/s1. The summed E-state index contributed by atoms with van der Waals surface area (Å²) in [7, 11) is 0. The maximum Gasteiger partial charge on any atom is 0.340 e. The van der Waals surface area contributed by atoms with Gasteiger partial charge in [0, 0.05) is 23.0 Å². The minimum Gasteiger partial charge on any atom is -0.449 e. The summed E-state index contributed by atoms with van der Waals surface area (Å²) in [6.07, 6.45) is -1.06. The summed E-state index contributed by atoms with van der Waals surface area (Å²) < 4.78 is 7.28. The van der Waals surface area contributed by atoms with Crippen LogP contribution in [0.1, 0.15) is 58.9 Å². The first-order valence-corrected chi connectivity index (χ1v) is 8.77. The Morgan fingerprint density at radius 3 is 2.19 bits per heavy atom. The number of aromatic nitrogens is 1. The number of benzene rings is 1. The third-order valence-corrected chi connectivity index (χ3v) is 4.21. The Morgan fingerprint density at radius 2 is 1.63 bits per heavy atom. The Morgan fingerprint density at radius 1 is 1.00 bits per heavy atom. The van der Waals surface area contributed by atoms with Gasteiger partial charge in [0.25, 0.3) is 11.8 Å². The first-order valence-electron chi connectivity index (χ1n) is 8.77. The van der Waals surface area contributed by atoms with Gasteiger partial charge in [-0.2, -0.15) is 0 Å². The zero-order valence-electron chi connectivity index (χ0n) is 16.2. The minimum absolute atomic E-state index is 0.209. The molecule has 0 bridgehead atoms. The highest BCUT2D eigenvalue weighted by molar-refractivity contribution is 5.96. The fourth-order valence-corrected chi connectivity index (χ4v) is 2.94. The van der Waals surface area contributed by atoms with Gasteiger partial charge in [0.2, 0.25) is 0 Å². The molecule has 1 aromatic heterocycles. The van der Waals surface area contributed by atoms with Crippen molar-refractivity contribution in [3.8, 4) is 0 Å². The molecule has 0 radical (unpaired) electrons. The normalized spacial score (nSPS) is 11.8. The summed E-state index contributed by atoms with van der Waals surface area (Å²) in [6.45, 7) is 9.26. The van der Waals surface area contributed by atoms with Crippen LogP contribution in [0.4, 0.5) is 0 Å². The number of ether oxygens (including phenoxy) is 1. The van der Waals surface area contributed by atoms with Crippen molar-refractivity contribution in [2.45, 2.75) is 46.8 Å². The molecule has 0 fully saturated rings. The van der Waals surface area contributed by atoms with Crippen LogP contribution in [-0.2, 0) is 9.53 Å². The fraction of sp³-hybridized carbons (Fsp3) is 0.350. The lowest BCUT2D eigenvalue weighted by Crippen LogP contribution is -2.46. The number of nitrogens with one attached hydrogen (secondary N) is 2. The Balaban J connectivity index is 1.95. The molecule has 0 saturated heterocycles. The van der Waals surface area contributed by atoms with Gasteiger partial charge in [0.05, 0.1) is 5.56 Å². The van der Waals surface area contributed by atoms with Gasteiger partial charge >= 0.3 is 5.97 Å². The molecule has 0 spiro atoms. The molecule has 1 atom stereocenters. The molecule has 1 heterocycles. The predicted molar refractivity (Wildman–Crippen MR) is 101 cm³/mol. The van der Waals surface area contributed by atoms with Crippen LogP contribution in [0.2, 0.25) is 0 Å². The van der Waals surface area contributed by atoms with E-state index in [1.54, 1.807) is 36.4 Å². The number of hydrogen-bond donors (Lipinski definition) is 2. The molecule has 27 heavy (non-hydrogen) atoms. The van der Waals surface area contributed by atoms with Gasteiger partial charge in [-0.05, 0) is 52.8 Å². The monoisotopic (exact) mass is 371 g/mol. The third-order valence-electron chi connectivity index (χ3n) is 4.21. The van der Waals surface area contributed by atoms with Crippen LogP contribution >= 0.6 is 0 Å². The second kappa shape index (κ2) is 8.53. The minimum atomic E-state index is -1.06.